The van der Waals surface area contributed by atoms with Crippen molar-refractivity contribution in [2.75, 3.05) is 13.2 Å². The molecule has 0 radical (unpaired) electrons. The van der Waals surface area contributed by atoms with Crippen molar-refractivity contribution < 1.29 is 9.84 Å². The Balaban J connectivity index is 1.83. The highest BCUT2D eigenvalue weighted by atomic mass is 16.5. The summed E-state index contributed by atoms with van der Waals surface area (Å²) in [5.74, 6) is 0.235. The number of rotatable bonds is 8. The molecule has 2 heteroatoms. The van der Waals surface area contributed by atoms with E-state index < -0.39 is 0 Å². The second-order valence-electron chi connectivity index (χ2n) is 5.04. The van der Waals surface area contributed by atoms with E-state index in [1.807, 2.05) is 36.4 Å². The molecule has 0 amide bonds. The van der Waals surface area contributed by atoms with Gasteiger partial charge >= 0.3 is 0 Å². The lowest BCUT2D eigenvalue weighted by atomic mass is 10.0. The molecule has 0 aromatic heterocycles. The van der Waals surface area contributed by atoms with Crippen LogP contribution >= 0.6 is 0 Å². The van der Waals surface area contributed by atoms with Gasteiger partial charge in [-0.1, -0.05) is 72.8 Å². The van der Waals surface area contributed by atoms with Gasteiger partial charge in [-0.05, 0) is 17.5 Å². The fraction of sp³-hybridized carbons (Fsp3) is 0.263. The smallest absolute Gasteiger partial charge is 0.0717 e. The highest BCUT2D eigenvalue weighted by Crippen LogP contribution is 2.11. The van der Waals surface area contributed by atoms with Crippen LogP contribution in [0.3, 0.4) is 0 Å². The Kier molecular flexibility index (Phi) is 6.72. The van der Waals surface area contributed by atoms with E-state index in [4.69, 9.17) is 9.84 Å². The van der Waals surface area contributed by atoms with Crippen LogP contribution in [-0.2, 0) is 11.3 Å². The van der Waals surface area contributed by atoms with Crippen molar-refractivity contribution in [3.05, 3.63) is 77.9 Å². The third kappa shape index (κ3) is 5.94. The summed E-state index contributed by atoms with van der Waals surface area (Å²) in [7, 11) is 0. The summed E-state index contributed by atoms with van der Waals surface area (Å²) < 4.78 is 5.76. The van der Waals surface area contributed by atoms with Gasteiger partial charge in [-0.3, -0.25) is 0 Å². The third-order valence-electron chi connectivity index (χ3n) is 3.30. The standard InChI is InChI=1S/C19H22O2/c20-14-13-19(12-11-17-7-3-1-4-8-17)16-21-15-18-9-5-2-6-10-18/h1-12,19-20H,13-16H2/b12-11+/t19-/m0/s1. The quantitative estimate of drug-likeness (QED) is 0.795. The molecule has 0 spiro atoms. The predicted octanol–water partition coefficient (Wildman–Crippen LogP) is 3.92. The number of hydrogen-bond acceptors (Lipinski definition) is 2. The van der Waals surface area contributed by atoms with Gasteiger partial charge in [-0.15, -0.1) is 0 Å². The van der Waals surface area contributed by atoms with Crippen molar-refractivity contribution in [1.82, 2.24) is 0 Å². The summed E-state index contributed by atoms with van der Waals surface area (Å²) in [6.07, 6.45) is 4.93. The topological polar surface area (TPSA) is 29.5 Å². The summed E-state index contributed by atoms with van der Waals surface area (Å²) in [6, 6.07) is 20.3. The average molecular weight is 282 g/mol. The van der Waals surface area contributed by atoms with E-state index in [1.54, 1.807) is 0 Å². The van der Waals surface area contributed by atoms with Gasteiger partial charge in [0.15, 0.2) is 0 Å². The first-order chi connectivity index (χ1) is 10.4. The van der Waals surface area contributed by atoms with E-state index in [1.165, 1.54) is 11.1 Å². The van der Waals surface area contributed by atoms with Gasteiger partial charge in [-0.25, -0.2) is 0 Å². The minimum atomic E-state index is 0.179. The van der Waals surface area contributed by atoms with E-state index in [0.29, 0.717) is 13.2 Å². The highest BCUT2D eigenvalue weighted by Gasteiger charge is 2.04. The van der Waals surface area contributed by atoms with Gasteiger partial charge in [0, 0.05) is 12.5 Å². The van der Waals surface area contributed by atoms with Crippen molar-refractivity contribution in [1.29, 1.82) is 0 Å². The number of aliphatic hydroxyl groups is 1. The molecular weight excluding hydrogens is 260 g/mol. The summed E-state index contributed by atoms with van der Waals surface area (Å²) in [5.41, 5.74) is 2.34. The van der Waals surface area contributed by atoms with Crippen LogP contribution in [0.1, 0.15) is 17.5 Å². The van der Waals surface area contributed by atoms with Gasteiger partial charge in [0.2, 0.25) is 0 Å². The maximum Gasteiger partial charge on any atom is 0.0717 e. The summed E-state index contributed by atoms with van der Waals surface area (Å²) in [5, 5.41) is 9.16. The molecule has 0 saturated heterocycles. The second-order valence-corrected chi connectivity index (χ2v) is 5.04. The summed E-state index contributed by atoms with van der Waals surface area (Å²) >= 11 is 0. The zero-order valence-electron chi connectivity index (χ0n) is 12.2. The molecule has 0 heterocycles. The fourth-order valence-corrected chi connectivity index (χ4v) is 2.11. The molecular formula is C19H22O2. The summed E-state index contributed by atoms with van der Waals surface area (Å²) in [4.78, 5) is 0. The number of ether oxygens (including phenoxy) is 1. The zero-order valence-corrected chi connectivity index (χ0v) is 12.2. The van der Waals surface area contributed by atoms with Crippen LogP contribution in [0, 0.1) is 5.92 Å². The van der Waals surface area contributed by atoms with Gasteiger partial charge in [-0.2, -0.15) is 0 Å². The van der Waals surface area contributed by atoms with Crippen LogP contribution < -0.4 is 0 Å². The van der Waals surface area contributed by atoms with Crippen molar-refractivity contribution in [3.63, 3.8) is 0 Å². The molecule has 0 aliphatic heterocycles. The van der Waals surface area contributed by atoms with Crippen molar-refractivity contribution in [2.45, 2.75) is 13.0 Å². The molecule has 2 aromatic carbocycles. The zero-order chi connectivity index (χ0) is 14.8. The molecule has 0 aliphatic carbocycles. The average Bonchev–Trinajstić information content (AvgIpc) is 2.54. The number of hydrogen-bond donors (Lipinski definition) is 1. The second kappa shape index (κ2) is 9.11. The van der Waals surface area contributed by atoms with Crippen LogP contribution in [0.25, 0.3) is 6.08 Å². The fourth-order valence-electron chi connectivity index (χ4n) is 2.11. The van der Waals surface area contributed by atoms with E-state index in [-0.39, 0.29) is 12.5 Å². The van der Waals surface area contributed by atoms with Crippen molar-refractivity contribution in [2.24, 2.45) is 5.92 Å². The lowest BCUT2D eigenvalue weighted by molar-refractivity contribution is 0.0912. The monoisotopic (exact) mass is 282 g/mol. The lowest BCUT2D eigenvalue weighted by Crippen LogP contribution is -2.09. The maximum atomic E-state index is 9.16. The van der Waals surface area contributed by atoms with Gasteiger partial charge < -0.3 is 9.84 Å². The molecule has 2 aromatic rings. The Labute approximate surface area is 126 Å². The first-order valence-corrected chi connectivity index (χ1v) is 7.34. The van der Waals surface area contributed by atoms with Crippen LogP contribution in [-0.4, -0.2) is 18.3 Å². The minimum absolute atomic E-state index is 0.179. The first kappa shape index (κ1) is 15.5. The molecule has 0 aliphatic rings. The molecule has 0 unspecified atom stereocenters. The SMILES string of the molecule is OCC[C@H](/C=C/c1ccccc1)COCc1ccccc1. The molecule has 0 fully saturated rings. The lowest BCUT2D eigenvalue weighted by Gasteiger charge is -2.12. The Bertz CT molecular complexity index is 520. The Morgan fingerprint density at radius 3 is 2.29 bits per heavy atom. The van der Waals surface area contributed by atoms with E-state index in [2.05, 4.69) is 36.4 Å². The van der Waals surface area contributed by atoms with Gasteiger partial charge in [0.05, 0.1) is 13.2 Å². The van der Waals surface area contributed by atoms with Crippen molar-refractivity contribution >= 4 is 6.08 Å². The van der Waals surface area contributed by atoms with E-state index >= 15 is 0 Å². The number of benzene rings is 2. The molecule has 0 saturated carbocycles. The molecule has 2 rings (SSSR count). The highest BCUT2D eigenvalue weighted by molar-refractivity contribution is 5.48. The van der Waals surface area contributed by atoms with Gasteiger partial charge in [0.1, 0.15) is 0 Å². The molecule has 110 valence electrons. The molecule has 1 atom stereocenters. The van der Waals surface area contributed by atoms with Crippen molar-refractivity contribution in [3.8, 4) is 0 Å². The first-order valence-electron chi connectivity index (χ1n) is 7.34. The van der Waals surface area contributed by atoms with Crippen LogP contribution in [0.4, 0.5) is 0 Å². The molecule has 21 heavy (non-hydrogen) atoms. The van der Waals surface area contributed by atoms with Gasteiger partial charge in [0.25, 0.3) is 0 Å². The molecule has 0 bridgehead atoms. The largest absolute Gasteiger partial charge is 0.396 e. The van der Waals surface area contributed by atoms with Crippen LogP contribution in [0.15, 0.2) is 66.7 Å². The van der Waals surface area contributed by atoms with E-state index in [0.717, 1.165) is 6.42 Å². The number of aliphatic hydroxyl groups excluding tert-OH is 1. The third-order valence-corrected chi connectivity index (χ3v) is 3.30. The minimum Gasteiger partial charge on any atom is -0.396 e. The van der Waals surface area contributed by atoms with Crippen LogP contribution in [0.5, 0.6) is 0 Å². The normalized spacial score (nSPS) is 12.6. The van der Waals surface area contributed by atoms with Crippen LogP contribution in [0.2, 0.25) is 0 Å². The van der Waals surface area contributed by atoms with E-state index in [9.17, 15) is 0 Å². The Morgan fingerprint density at radius 1 is 0.952 bits per heavy atom. The Morgan fingerprint density at radius 2 is 1.62 bits per heavy atom. The maximum absolute atomic E-state index is 9.16. The predicted molar refractivity (Wildman–Crippen MR) is 86.8 cm³/mol. The Hall–Kier alpha value is -1.90. The summed E-state index contributed by atoms with van der Waals surface area (Å²) in [6.45, 7) is 1.42. The molecule has 1 N–H and O–H groups in total. The molecule has 2 nitrogen and oxygen atoms in total.